The number of carboxylic acids is 2. The van der Waals surface area contributed by atoms with Gasteiger partial charge in [0.25, 0.3) is 0 Å². The van der Waals surface area contributed by atoms with E-state index >= 15 is 0 Å². The molecule has 4 atom stereocenters. The molecule has 1 aliphatic carbocycles. The zero-order chi connectivity index (χ0) is 24.4. The Labute approximate surface area is 193 Å². The zero-order valence-electron chi connectivity index (χ0n) is 19.1. The van der Waals surface area contributed by atoms with Gasteiger partial charge in [0.2, 0.25) is 5.91 Å². The summed E-state index contributed by atoms with van der Waals surface area (Å²) in [5, 5.41) is 32.4. The highest BCUT2D eigenvalue weighted by Gasteiger charge is 2.58. The van der Waals surface area contributed by atoms with Gasteiger partial charge >= 0.3 is 11.9 Å². The second kappa shape index (κ2) is 9.35. The van der Waals surface area contributed by atoms with Gasteiger partial charge in [-0.25, -0.2) is 4.79 Å². The molecule has 176 valence electrons. The summed E-state index contributed by atoms with van der Waals surface area (Å²) in [5.41, 5.74) is 0.328. The average molecular weight is 454 g/mol. The number of carbonyl (C=O) groups is 3. The van der Waals surface area contributed by atoms with Crippen LogP contribution in [0.3, 0.4) is 0 Å². The molecule has 4 N–H and O–H groups in total. The van der Waals surface area contributed by atoms with E-state index in [1.54, 1.807) is 45.0 Å². The molecule has 0 radical (unpaired) electrons. The monoisotopic (exact) mass is 453 g/mol. The fourth-order valence-corrected chi connectivity index (χ4v) is 4.76. The summed E-state index contributed by atoms with van der Waals surface area (Å²) in [4.78, 5) is 36.7. The highest BCUT2D eigenvalue weighted by atomic mass is 16.4. The first kappa shape index (κ1) is 24.5. The Kier molecular flexibility index (Phi) is 6.93. The third-order valence-corrected chi connectivity index (χ3v) is 7.48. The molecule has 7 nitrogen and oxygen atoms in total. The molecule has 0 spiro atoms. The fraction of sp³-hybridized carbons (Fsp3) is 0.423. The number of rotatable bonds is 8. The third kappa shape index (κ3) is 4.78. The van der Waals surface area contributed by atoms with Crippen LogP contribution in [-0.2, 0) is 20.8 Å². The zero-order valence-corrected chi connectivity index (χ0v) is 19.1. The number of benzene rings is 2. The maximum Gasteiger partial charge on any atom is 0.326 e. The summed E-state index contributed by atoms with van der Waals surface area (Å²) >= 11 is 0. The lowest BCUT2D eigenvalue weighted by atomic mass is 9.65. The Morgan fingerprint density at radius 3 is 2.06 bits per heavy atom. The molecule has 0 bridgehead atoms. The van der Waals surface area contributed by atoms with E-state index in [4.69, 9.17) is 0 Å². The van der Waals surface area contributed by atoms with Crippen molar-refractivity contribution < 1.29 is 29.7 Å². The van der Waals surface area contributed by atoms with E-state index in [-0.39, 0.29) is 6.42 Å². The van der Waals surface area contributed by atoms with E-state index in [1.165, 1.54) is 0 Å². The van der Waals surface area contributed by atoms with Crippen molar-refractivity contribution in [1.29, 1.82) is 0 Å². The Balaban J connectivity index is 1.72. The van der Waals surface area contributed by atoms with Crippen LogP contribution in [0.2, 0.25) is 0 Å². The summed E-state index contributed by atoms with van der Waals surface area (Å²) in [6.07, 6.45) is 0.0277. The van der Waals surface area contributed by atoms with Gasteiger partial charge in [-0.15, -0.1) is 0 Å². The number of aliphatic hydroxyl groups excluding tert-OH is 1. The normalized spacial score (nSPS) is 23.5. The second-order valence-electron chi connectivity index (χ2n) is 9.61. The maximum atomic E-state index is 13.2. The Morgan fingerprint density at radius 2 is 1.55 bits per heavy atom. The molecule has 2 aromatic carbocycles. The smallest absolute Gasteiger partial charge is 0.326 e. The molecule has 0 unspecified atom stereocenters. The van der Waals surface area contributed by atoms with Crippen LogP contribution in [0, 0.1) is 16.7 Å². The van der Waals surface area contributed by atoms with E-state index in [1.807, 2.05) is 30.3 Å². The molecule has 3 rings (SSSR count). The maximum absolute atomic E-state index is 13.2. The van der Waals surface area contributed by atoms with E-state index in [0.717, 1.165) is 5.56 Å². The summed E-state index contributed by atoms with van der Waals surface area (Å²) in [6.45, 7) is 5.22. The second-order valence-corrected chi connectivity index (χ2v) is 9.61. The van der Waals surface area contributed by atoms with E-state index < -0.39 is 46.7 Å². The molecular formula is C26H31NO6. The van der Waals surface area contributed by atoms with Crippen molar-refractivity contribution >= 4 is 17.8 Å². The van der Waals surface area contributed by atoms with Crippen LogP contribution in [0.1, 0.15) is 56.4 Å². The van der Waals surface area contributed by atoms with Crippen molar-refractivity contribution in [1.82, 2.24) is 5.32 Å². The van der Waals surface area contributed by atoms with E-state index in [2.05, 4.69) is 5.32 Å². The Hall–Kier alpha value is -3.19. The van der Waals surface area contributed by atoms with E-state index in [0.29, 0.717) is 24.0 Å². The quantitative estimate of drug-likeness (QED) is 0.486. The Morgan fingerprint density at radius 1 is 0.970 bits per heavy atom. The van der Waals surface area contributed by atoms with Gasteiger partial charge in [-0.3, -0.25) is 9.59 Å². The molecule has 2 aromatic rings. The lowest BCUT2D eigenvalue weighted by Crippen LogP contribution is -2.53. The molecule has 1 aliphatic rings. The molecule has 1 saturated carbocycles. The molecule has 1 amide bonds. The summed E-state index contributed by atoms with van der Waals surface area (Å²) in [5.74, 6) is -3.21. The lowest BCUT2D eigenvalue weighted by Gasteiger charge is -2.39. The predicted octanol–water partition coefficient (Wildman–Crippen LogP) is 3.41. The third-order valence-electron chi connectivity index (χ3n) is 7.48. The highest BCUT2D eigenvalue weighted by Crippen LogP contribution is 2.56. The molecule has 0 aromatic heterocycles. The number of hydrogen-bond donors (Lipinski definition) is 4. The fourth-order valence-electron chi connectivity index (χ4n) is 4.76. The van der Waals surface area contributed by atoms with Gasteiger partial charge < -0.3 is 20.6 Å². The lowest BCUT2D eigenvalue weighted by molar-refractivity contribution is -0.151. The predicted molar refractivity (Wildman–Crippen MR) is 122 cm³/mol. The summed E-state index contributed by atoms with van der Waals surface area (Å²) < 4.78 is 0. The van der Waals surface area contributed by atoms with Crippen LogP contribution in [0.25, 0.3) is 0 Å². The van der Waals surface area contributed by atoms with Crippen LogP contribution in [0.15, 0.2) is 54.6 Å². The minimum Gasteiger partial charge on any atom is -0.481 e. The van der Waals surface area contributed by atoms with Crippen molar-refractivity contribution in [3.8, 4) is 0 Å². The molecular weight excluding hydrogens is 422 g/mol. The number of carboxylic acid groups (broad SMARTS) is 2. The topological polar surface area (TPSA) is 124 Å². The van der Waals surface area contributed by atoms with Crippen LogP contribution < -0.4 is 5.32 Å². The number of amides is 1. The first-order chi connectivity index (χ1) is 15.5. The van der Waals surface area contributed by atoms with Crippen molar-refractivity contribution in [3.63, 3.8) is 0 Å². The molecule has 0 aliphatic heterocycles. The largest absolute Gasteiger partial charge is 0.481 e. The average Bonchev–Trinajstić information content (AvgIpc) is 3.03. The number of nitrogens with one attached hydrogen (secondary N) is 1. The Bertz CT molecular complexity index is 1020. The van der Waals surface area contributed by atoms with Gasteiger partial charge in [-0.2, -0.15) is 0 Å². The standard InChI is InChI=1S/C26H31NO6/c1-25(2)19(22(29)30)13-14-26(25,3)24(33)27-20(23(31)32)15-16-9-11-18(12-10-16)21(28)17-7-5-4-6-8-17/h4-12,19-21,28H,13-15H2,1-3H3,(H,27,33)(H,29,30)(H,31,32)/t19-,20+,21-,26+/m1/s1. The molecule has 0 saturated heterocycles. The van der Waals surface area contributed by atoms with Crippen LogP contribution in [-0.4, -0.2) is 39.2 Å². The molecule has 1 fully saturated rings. The van der Waals surface area contributed by atoms with Crippen molar-refractivity contribution in [2.75, 3.05) is 0 Å². The van der Waals surface area contributed by atoms with Crippen LogP contribution in [0.4, 0.5) is 0 Å². The molecule has 7 heteroatoms. The van der Waals surface area contributed by atoms with Crippen molar-refractivity contribution in [2.24, 2.45) is 16.7 Å². The summed E-state index contributed by atoms with van der Waals surface area (Å²) in [6, 6.07) is 15.0. The van der Waals surface area contributed by atoms with Crippen molar-refractivity contribution in [3.05, 3.63) is 71.3 Å². The van der Waals surface area contributed by atoms with Crippen LogP contribution >= 0.6 is 0 Å². The minimum absolute atomic E-state index is 0.0711. The highest BCUT2D eigenvalue weighted by molar-refractivity contribution is 5.89. The molecule has 0 heterocycles. The van der Waals surface area contributed by atoms with Gasteiger partial charge in [-0.05, 0) is 34.9 Å². The number of aliphatic hydroxyl groups is 1. The number of hydrogen-bond acceptors (Lipinski definition) is 4. The molecule has 33 heavy (non-hydrogen) atoms. The minimum atomic E-state index is -1.16. The first-order valence-corrected chi connectivity index (χ1v) is 11.1. The van der Waals surface area contributed by atoms with Gasteiger partial charge in [0.15, 0.2) is 0 Å². The number of carbonyl (C=O) groups excluding carboxylic acids is 1. The van der Waals surface area contributed by atoms with E-state index in [9.17, 15) is 29.7 Å². The van der Waals surface area contributed by atoms with Gasteiger partial charge in [0, 0.05) is 6.42 Å². The summed E-state index contributed by atoms with van der Waals surface area (Å²) in [7, 11) is 0. The van der Waals surface area contributed by atoms with Gasteiger partial charge in [0.1, 0.15) is 12.1 Å². The number of aliphatic carboxylic acids is 2. The SMILES string of the molecule is CC1(C)[C@@H](C(=O)O)CC[C@@]1(C)C(=O)N[C@@H](Cc1ccc([C@H](O)c2ccccc2)cc1)C(=O)O. The van der Waals surface area contributed by atoms with Gasteiger partial charge in [-0.1, -0.05) is 75.4 Å². The van der Waals surface area contributed by atoms with Crippen LogP contribution in [0.5, 0.6) is 0 Å². The van der Waals surface area contributed by atoms with Crippen molar-refractivity contribution in [2.45, 2.75) is 52.2 Å². The first-order valence-electron chi connectivity index (χ1n) is 11.1. The van der Waals surface area contributed by atoms with Gasteiger partial charge in [0.05, 0.1) is 11.3 Å².